The molecule has 0 saturated heterocycles. The summed E-state index contributed by atoms with van der Waals surface area (Å²) in [6, 6.07) is 2.67. The smallest absolute Gasteiger partial charge is 0.303 e. The third kappa shape index (κ3) is 2.52. The number of carboxylic acid groups (broad SMARTS) is 1. The van der Waals surface area contributed by atoms with Gasteiger partial charge in [-0.25, -0.2) is 8.78 Å². The summed E-state index contributed by atoms with van der Waals surface area (Å²) in [4.78, 5) is 10.8. The molecule has 2 rings (SSSR count). The summed E-state index contributed by atoms with van der Waals surface area (Å²) >= 11 is 0. The van der Waals surface area contributed by atoms with Crippen molar-refractivity contribution in [2.75, 3.05) is 0 Å². The fourth-order valence-corrected chi connectivity index (χ4v) is 2.42. The zero-order chi connectivity index (χ0) is 13.3. The van der Waals surface area contributed by atoms with Gasteiger partial charge in [-0.1, -0.05) is 13.0 Å². The van der Waals surface area contributed by atoms with Crippen molar-refractivity contribution in [3.05, 3.63) is 34.9 Å². The SMILES string of the molecule is CCc1ccc(F)c(C(CC(=O)O)C2CC2)c1F. The molecule has 1 aliphatic rings. The minimum absolute atomic E-state index is 0.0285. The Morgan fingerprint density at radius 3 is 2.61 bits per heavy atom. The van der Waals surface area contributed by atoms with E-state index in [0.717, 1.165) is 12.8 Å². The molecule has 0 heterocycles. The molecule has 1 N–H and O–H groups in total. The zero-order valence-electron chi connectivity index (χ0n) is 10.2. The fraction of sp³-hybridized carbons (Fsp3) is 0.500. The number of aryl methyl sites for hydroxylation is 1. The van der Waals surface area contributed by atoms with Crippen molar-refractivity contribution in [3.8, 4) is 0 Å². The molecule has 1 aromatic rings. The molecule has 0 radical (unpaired) electrons. The van der Waals surface area contributed by atoms with Crippen LogP contribution in [0.2, 0.25) is 0 Å². The molecular formula is C14H16F2O2. The second kappa shape index (κ2) is 5.04. The van der Waals surface area contributed by atoms with E-state index >= 15 is 0 Å². The molecule has 4 heteroatoms. The van der Waals surface area contributed by atoms with Crippen molar-refractivity contribution >= 4 is 5.97 Å². The van der Waals surface area contributed by atoms with Gasteiger partial charge in [-0.3, -0.25) is 4.79 Å². The molecule has 2 nitrogen and oxygen atoms in total. The van der Waals surface area contributed by atoms with Gasteiger partial charge in [0.1, 0.15) is 11.6 Å². The lowest BCUT2D eigenvalue weighted by Gasteiger charge is -2.17. The molecule has 1 aromatic carbocycles. The second-order valence-electron chi connectivity index (χ2n) is 4.83. The maximum absolute atomic E-state index is 14.2. The van der Waals surface area contributed by atoms with Crippen LogP contribution in [0.25, 0.3) is 0 Å². The highest BCUT2D eigenvalue weighted by Crippen LogP contribution is 2.46. The first-order chi connectivity index (χ1) is 8.54. The molecular weight excluding hydrogens is 238 g/mol. The van der Waals surface area contributed by atoms with Crippen LogP contribution in [-0.4, -0.2) is 11.1 Å². The van der Waals surface area contributed by atoms with Crippen LogP contribution < -0.4 is 0 Å². The Balaban J connectivity index is 2.42. The summed E-state index contributed by atoms with van der Waals surface area (Å²) in [5.41, 5.74) is 0.418. The Bertz CT molecular complexity index is 467. The number of aliphatic carboxylic acids is 1. The highest BCUT2D eigenvalue weighted by Gasteiger charge is 2.37. The second-order valence-corrected chi connectivity index (χ2v) is 4.83. The van der Waals surface area contributed by atoms with Crippen LogP contribution in [0.4, 0.5) is 8.78 Å². The summed E-state index contributed by atoms with van der Waals surface area (Å²) in [5, 5.41) is 8.89. The van der Waals surface area contributed by atoms with Gasteiger partial charge < -0.3 is 5.11 Å². The molecule has 0 aromatic heterocycles. The molecule has 0 bridgehead atoms. The Kier molecular flexibility index (Phi) is 3.64. The van der Waals surface area contributed by atoms with Gasteiger partial charge in [0.2, 0.25) is 0 Å². The van der Waals surface area contributed by atoms with Crippen molar-refractivity contribution in [2.24, 2.45) is 5.92 Å². The molecule has 0 aliphatic heterocycles. The van der Waals surface area contributed by atoms with Crippen LogP contribution in [0, 0.1) is 17.6 Å². The van der Waals surface area contributed by atoms with E-state index in [2.05, 4.69) is 0 Å². The molecule has 0 amide bonds. The molecule has 18 heavy (non-hydrogen) atoms. The predicted molar refractivity (Wildman–Crippen MR) is 63.5 cm³/mol. The van der Waals surface area contributed by atoms with Crippen molar-refractivity contribution in [1.29, 1.82) is 0 Å². The predicted octanol–water partition coefficient (Wildman–Crippen LogP) is 3.50. The average Bonchev–Trinajstić information content (AvgIpc) is 3.11. The monoisotopic (exact) mass is 254 g/mol. The summed E-state index contributed by atoms with van der Waals surface area (Å²) < 4.78 is 28.0. The first-order valence-electron chi connectivity index (χ1n) is 6.23. The van der Waals surface area contributed by atoms with Gasteiger partial charge in [0.05, 0.1) is 6.42 Å². The maximum Gasteiger partial charge on any atom is 0.303 e. The highest BCUT2D eigenvalue weighted by molar-refractivity contribution is 5.68. The van der Waals surface area contributed by atoms with Crippen LogP contribution in [-0.2, 0) is 11.2 Å². The number of carboxylic acids is 1. The summed E-state index contributed by atoms with van der Waals surface area (Å²) in [6.45, 7) is 1.80. The third-order valence-corrected chi connectivity index (χ3v) is 3.54. The molecule has 98 valence electrons. The summed E-state index contributed by atoms with van der Waals surface area (Å²) in [7, 11) is 0. The maximum atomic E-state index is 14.2. The van der Waals surface area contributed by atoms with Crippen molar-refractivity contribution in [1.82, 2.24) is 0 Å². The van der Waals surface area contributed by atoms with Crippen LogP contribution >= 0.6 is 0 Å². The number of halogens is 2. The van der Waals surface area contributed by atoms with Crippen LogP contribution in [0.5, 0.6) is 0 Å². The number of hydrogen-bond acceptors (Lipinski definition) is 1. The first kappa shape index (κ1) is 13.0. The van der Waals surface area contributed by atoms with Gasteiger partial charge in [0.15, 0.2) is 0 Å². The Morgan fingerprint density at radius 1 is 1.44 bits per heavy atom. The Labute approximate surface area is 105 Å². The molecule has 0 spiro atoms. The lowest BCUT2D eigenvalue weighted by atomic mass is 9.88. The van der Waals surface area contributed by atoms with E-state index in [0.29, 0.717) is 12.0 Å². The number of benzene rings is 1. The number of hydrogen-bond donors (Lipinski definition) is 1. The largest absolute Gasteiger partial charge is 0.481 e. The van der Waals surface area contributed by atoms with E-state index in [1.807, 2.05) is 0 Å². The van der Waals surface area contributed by atoms with E-state index in [9.17, 15) is 13.6 Å². The molecule has 1 aliphatic carbocycles. The van der Waals surface area contributed by atoms with Gasteiger partial charge in [-0.15, -0.1) is 0 Å². The minimum Gasteiger partial charge on any atom is -0.481 e. The lowest BCUT2D eigenvalue weighted by Crippen LogP contribution is -2.13. The standard InChI is InChI=1S/C14H16F2O2/c1-2-8-5-6-11(15)13(14(8)16)10(7-12(17)18)9-3-4-9/h5-6,9-10H,2-4,7H2,1H3,(H,17,18). The van der Waals surface area contributed by atoms with Crippen molar-refractivity contribution in [2.45, 2.75) is 38.5 Å². The number of carbonyl (C=O) groups is 1. The van der Waals surface area contributed by atoms with Gasteiger partial charge in [0, 0.05) is 11.5 Å². The lowest BCUT2D eigenvalue weighted by molar-refractivity contribution is -0.137. The van der Waals surface area contributed by atoms with Crippen LogP contribution in [0.3, 0.4) is 0 Å². The highest BCUT2D eigenvalue weighted by atomic mass is 19.1. The van der Waals surface area contributed by atoms with Crippen LogP contribution in [0.1, 0.15) is 43.2 Å². The zero-order valence-corrected chi connectivity index (χ0v) is 10.2. The minimum atomic E-state index is -1.01. The van der Waals surface area contributed by atoms with E-state index < -0.39 is 23.5 Å². The Hall–Kier alpha value is -1.45. The topological polar surface area (TPSA) is 37.3 Å². The van der Waals surface area contributed by atoms with Crippen molar-refractivity contribution < 1.29 is 18.7 Å². The summed E-state index contributed by atoms with van der Waals surface area (Å²) in [5.74, 6) is -2.61. The third-order valence-electron chi connectivity index (χ3n) is 3.54. The molecule has 1 saturated carbocycles. The van der Waals surface area contributed by atoms with E-state index in [4.69, 9.17) is 5.11 Å². The average molecular weight is 254 g/mol. The first-order valence-corrected chi connectivity index (χ1v) is 6.23. The molecule has 1 unspecified atom stereocenters. The molecule has 1 fully saturated rings. The van der Waals surface area contributed by atoms with Gasteiger partial charge >= 0.3 is 5.97 Å². The van der Waals surface area contributed by atoms with Crippen LogP contribution in [0.15, 0.2) is 12.1 Å². The molecule has 1 atom stereocenters. The summed E-state index contributed by atoms with van der Waals surface area (Å²) in [6.07, 6.45) is 1.98. The van der Waals surface area contributed by atoms with Gasteiger partial charge in [0.25, 0.3) is 0 Å². The Morgan fingerprint density at radius 2 is 2.11 bits per heavy atom. The van der Waals surface area contributed by atoms with E-state index in [-0.39, 0.29) is 17.9 Å². The number of rotatable bonds is 5. The fourth-order valence-electron chi connectivity index (χ4n) is 2.42. The quantitative estimate of drug-likeness (QED) is 0.873. The van der Waals surface area contributed by atoms with Gasteiger partial charge in [-0.05, 0) is 36.8 Å². The van der Waals surface area contributed by atoms with Crippen molar-refractivity contribution in [3.63, 3.8) is 0 Å². The van der Waals surface area contributed by atoms with Gasteiger partial charge in [-0.2, -0.15) is 0 Å². The van der Waals surface area contributed by atoms with E-state index in [1.54, 1.807) is 6.92 Å². The normalized spacial score (nSPS) is 16.6. The van der Waals surface area contributed by atoms with E-state index in [1.165, 1.54) is 12.1 Å².